The number of carboxylic acids is 2. The predicted molar refractivity (Wildman–Crippen MR) is 117 cm³/mol. The molecule has 4 heterocycles. The van der Waals surface area contributed by atoms with Crippen LogP contribution in [0.2, 0.25) is 0 Å². The van der Waals surface area contributed by atoms with Crippen LogP contribution in [0.5, 0.6) is 0 Å². The number of hydrogen-bond acceptors (Lipinski definition) is 7. The predicted octanol–water partition coefficient (Wildman–Crippen LogP) is 3.31. The molecule has 206 valence electrons. The Morgan fingerprint density at radius 2 is 1.57 bits per heavy atom. The van der Waals surface area contributed by atoms with E-state index in [1.807, 2.05) is 17.6 Å². The number of rotatable bonds is 4. The lowest BCUT2D eigenvalue weighted by Gasteiger charge is -2.46. The summed E-state index contributed by atoms with van der Waals surface area (Å²) in [5, 5.41) is 16.1. The molecule has 0 amide bonds. The lowest BCUT2D eigenvalue weighted by Crippen LogP contribution is -2.59. The van der Waals surface area contributed by atoms with Crippen molar-refractivity contribution in [2.24, 2.45) is 5.41 Å². The smallest absolute Gasteiger partial charge is 0.475 e. The van der Waals surface area contributed by atoms with E-state index in [1.165, 1.54) is 16.9 Å². The third-order valence-electron chi connectivity index (χ3n) is 5.24. The number of alkyl halides is 6. The number of nitrogens with zero attached hydrogens (tertiary/aromatic N) is 3. The summed E-state index contributed by atoms with van der Waals surface area (Å²) in [4.78, 5) is 24.4. The average Bonchev–Trinajstić information content (AvgIpc) is 3.44. The van der Waals surface area contributed by atoms with Crippen LogP contribution >= 0.6 is 11.3 Å². The third-order valence-corrected chi connectivity index (χ3v) is 8.41. The first-order valence-corrected chi connectivity index (χ1v) is 12.5. The normalized spacial score (nSPS) is 17.7. The molecule has 1 spiro atoms. The Bertz CT molecular complexity index is 1130. The summed E-state index contributed by atoms with van der Waals surface area (Å²) < 4.78 is 90.6. The Morgan fingerprint density at radius 1 is 1.00 bits per heavy atom. The van der Waals surface area contributed by atoms with Gasteiger partial charge in [-0.05, 0) is 36.0 Å². The second-order valence-electron chi connectivity index (χ2n) is 8.13. The highest BCUT2D eigenvalue weighted by Crippen LogP contribution is 2.42. The lowest BCUT2D eigenvalue weighted by atomic mass is 9.81. The summed E-state index contributed by atoms with van der Waals surface area (Å²) in [7, 11) is -3.28. The molecule has 0 bridgehead atoms. The lowest BCUT2D eigenvalue weighted by molar-refractivity contribution is -0.193. The van der Waals surface area contributed by atoms with Crippen molar-refractivity contribution in [2.75, 3.05) is 26.2 Å². The molecule has 2 aromatic heterocycles. The number of thiophene rings is 1. The molecule has 2 saturated heterocycles. The van der Waals surface area contributed by atoms with Gasteiger partial charge < -0.3 is 10.2 Å². The Balaban J connectivity index is 0.000000286. The first-order valence-electron chi connectivity index (χ1n) is 10.2. The van der Waals surface area contributed by atoms with Crippen LogP contribution in [-0.2, 0) is 26.2 Å². The van der Waals surface area contributed by atoms with E-state index in [0.717, 1.165) is 26.1 Å². The topological polar surface area (TPSA) is 128 Å². The fourth-order valence-corrected chi connectivity index (χ4v) is 6.39. The monoisotopic (exact) mass is 577 g/mol. The Hall–Kier alpha value is -2.76. The molecular formula is C20H21F6N3O6S2. The van der Waals surface area contributed by atoms with Crippen LogP contribution in [0.25, 0.3) is 0 Å². The minimum atomic E-state index is -5.08. The number of aromatic nitrogens is 1. The summed E-state index contributed by atoms with van der Waals surface area (Å²) in [6.45, 7) is 4.20. The van der Waals surface area contributed by atoms with E-state index in [0.29, 0.717) is 17.3 Å². The summed E-state index contributed by atoms with van der Waals surface area (Å²) >= 11 is 1.29. The molecule has 17 heteroatoms. The highest BCUT2D eigenvalue weighted by Gasteiger charge is 2.51. The highest BCUT2D eigenvalue weighted by atomic mass is 32.2. The Labute approximate surface area is 211 Å². The standard InChI is InChI=1S/C16H19N3O2S2.2C2HF3O2/c20-23(21,15-4-2-8-22-15)19-12-16(13-19)5-7-18(11-16)10-14-3-1-6-17-9-14;2*3-2(4,5)1(6)7/h1-4,6,8-9H,5,7,10-13H2;2*(H,6,7). The molecule has 9 nitrogen and oxygen atoms in total. The molecule has 0 saturated carbocycles. The highest BCUT2D eigenvalue weighted by molar-refractivity contribution is 7.91. The van der Waals surface area contributed by atoms with Crippen molar-refractivity contribution >= 4 is 33.3 Å². The van der Waals surface area contributed by atoms with Crippen molar-refractivity contribution in [3.63, 3.8) is 0 Å². The average molecular weight is 578 g/mol. The van der Waals surface area contributed by atoms with E-state index >= 15 is 0 Å². The van der Waals surface area contributed by atoms with Gasteiger partial charge in [0.2, 0.25) is 0 Å². The van der Waals surface area contributed by atoms with Gasteiger partial charge in [-0.1, -0.05) is 12.1 Å². The summed E-state index contributed by atoms with van der Waals surface area (Å²) in [5.74, 6) is -5.51. The number of halogens is 6. The maximum Gasteiger partial charge on any atom is 0.490 e. The number of sulfonamides is 1. The van der Waals surface area contributed by atoms with Gasteiger partial charge >= 0.3 is 24.3 Å². The zero-order chi connectivity index (χ0) is 28.1. The molecule has 37 heavy (non-hydrogen) atoms. The number of carboxylic acid groups (broad SMARTS) is 2. The van der Waals surface area contributed by atoms with Crippen molar-refractivity contribution in [3.05, 3.63) is 47.6 Å². The van der Waals surface area contributed by atoms with Crippen LogP contribution in [0.15, 0.2) is 46.2 Å². The van der Waals surface area contributed by atoms with Gasteiger partial charge in [-0.15, -0.1) is 11.3 Å². The summed E-state index contributed by atoms with van der Waals surface area (Å²) in [5.41, 5.74) is 1.36. The molecule has 0 atom stereocenters. The van der Waals surface area contributed by atoms with E-state index < -0.39 is 34.3 Å². The molecular weight excluding hydrogens is 556 g/mol. The fraction of sp³-hybridized carbons (Fsp3) is 0.450. The van der Waals surface area contributed by atoms with Crippen LogP contribution in [0.1, 0.15) is 12.0 Å². The minimum Gasteiger partial charge on any atom is -0.475 e. The fourth-order valence-electron chi connectivity index (χ4n) is 3.58. The van der Waals surface area contributed by atoms with Crippen molar-refractivity contribution in [3.8, 4) is 0 Å². The van der Waals surface area contributed by atoms with E-state index in [9.17, 15) is 34.8 Å². The molecule has 2 aliphatic heterocycles. The van der Waals surface area contributed by atoms with E-state index in [4.69, 9.17) is 19.8 Å². The van der Waals surface area contributed by atoms with Crippen LogP contribution < -0.4 is 0 Å². The second kappa shape index (κ2) is 11.7. The van der Waals surface area contributed by atoms with Gasteiger partial charge in [0, 0.05) is 44.0 Å². The van der Waals surface area contributed by atoms with E-state index in [-0.39, 0.29) is 5.41 Å². The molecule has 0 radical (unpaired) electrons. The van der Waals surface area contributed by atoms with E-state index in [1.54, 1.807) is 22.6 Å². The third kappa shape index (κ3) is 8.65. The minimum absolute atomic E-state index is 0.145. The van der Waals surface area contributed by atoms with Gasteiger partial charge in [0.05, 0.1) is 0 Å². The van der Waals surface area contributed by atoms with Gasteiger partial charge in [-0.2, -0.15) is 30.6 Å². The van der Waals surface area contributed by atoms with Gasteiger partial charge in [0.25, 0.3) is 10.0 Å². The molecule has 2 aliphatic rings. The van der Waals surface area contributed by atoms with E-state index in [2.05, 4.69) is 16.0 Å². The van der Waals surface area contributed by atoms with Crippen LogP contribution in [0.3, 0.4) is 0 Å². The number of carbonyl (C=O) groups is 2. The van der Waals surface area contributed by atoms with Crippen molar-refractivity contribution in [1.82, 2.24) is 14.2 Å². The molecule has 4 rings (SSSR count). The van der Waals surface area contributed by atoms with Crippen molar-refractivity contribution in [1.29, 1.82) is 0 Å². The number of hydrogen-bond donors (Lipinski definition) is 2. The van der Waals surface area contributed by atoms with Gasteiger partial charge in [-0.25, -0.2) is 18.0 Å². The largest absolute Gasteiger partial charge is 0.490 e. The number of aliphatic carboxylic acids is 2. The molecule has 2 N–H and O–H groups in total. The molecule has 0 unspecified atom stereocenters. The zero-order valence-corrected chi connectivity index (χ0v) is 20.4. The van der Waals surface area contributed by atoms with Gasteiger partial charge in [0.1, 0.15) is 4.21 Å². The quantitative estimate of drug-likeness (QED) is 0.530. The second-order valence-corrected chi connectivity index (χ2v) is 11.2. The summed E-state index contributed by atoms with van der Waals surface area (Å²) in [6, 6.07) is 7.53. The van der Waals surface area contributed by atoms with Gasteiger partial charge in [-0.3, -0.25) is 9.88 Å². The summed E-state index contributed by atoms with van der Waals surface area (Å²) in [6.07, 6.45) is -5.41. The molecule has 0 aliphatic carbocycles. The zero-order valence-electron chi connectivity index (χ0n) is 18.7. The SMILES string of the molecule is O=C(O)C(F)(F)F.O=C(O)C(F)(F)F.O=S(=O)(c1cccs1)N1CC2(CCN(Cc3cccnc3)C2)C1. The Kier molecular flexibility index (Phi) is 9.67. The first-order chi connectivity index (χ1) is 17.0. The maximum atomic E-state index is 12.5. The maximum absolute atomic E-state index is 12.5. The molecule has 2 aromatic rings. The first kappa shape index (κ1) is 30.5. The van der Waals surface area contributed by atoms with Crippen LogP contribution in [0, 0.1) is 5.41 Å². The Morgan fingerprint density at radius 3 is 2.00 bits per heavy atom. The number of likely N-dealkylation sites (tertiary alicyclic amines) is 1. The molecule has 0 aromatic carbocycles. The number of pyridine rings is 1. The molecule has 2 fully saturated rings. The van der Waals surface area contributed by atoms with Crippen LogP contribution in [0.4, 0.5) is 26.3 Å². The van der Waals surface area contributed by atoms with Crippen molar-refractivity contribution < 1.29 is 54.6 Å². The van der Waals surface area contributed by atoms with Crippen molar-refractivity contribution in [2.45, 2.75) is 29.5 Å². The van der Waals surface area contributed by atoms with Gasteiger partial charge in [0.15, 0.2) is 0 Å². The van der Waals surface area contributed by atoms with Crippen LogP contribution in [-0.4, -0.2) is 83.3 Å².